The van der Waals surface area contributed by atoms with Crippen LogP contribution in [0, 0.1) is 0 Å². The number of hydrogen-bond donors (Lipinski definition) is 1. The topological polar surface area (TPSA) is 12.0 Å². The van der Waals surface area contributed by atoms with Crippen LogP contribution in [-0.4, -0.2) is 12.6 Å². The summed E-state index contributed by atoms with van der Waals surface area (Å²) in [6.07, 6.45) is -0.422. The standard InChI is InChI=1S/C16H22F3N/c1-4-9-20-15(10-12(2)3)11-13-5-7-14(8-6-13)16(17,18)19/h5-8,10,15,20H,4,9,11H2,1-3H3. The van der Waals surface area contributed by atoms with E-state index in [9.17, 15) is 13.2 Å². The number of alkyl halides is 3. The van der Waals surface area contributed by atoms with E-state index in [0.29, 0.717) is 6.42 Å². The van der Waals surface area contributed by atoms with Gasteiger partial charge in [0, 0.05) is 6.04 Å². The van der Waals surface area contributed by atoms with Crippen molar-refractivity contribution in [2.75, 3.05) is 6.54 Å². The van der Waals surface area contributed by atoms with Crippen molar-refractivity contribution in [1.29, 1.82) is 0 Å². The number of halogens is 3. The van der Waals surface area contributed by atoms with E-state index < -0.39 is 11.7 Å². The average molecular weight is 285 g/mol. The van der Waals surface area contributed by atoms with Crippen molar-refractivity contribution in [3.8, 4) is 0 Å². The Hall–Kier alpha value is -1.29. The van der Waals surface area contributed by atoms with Crippen molar-refractivity contribution in [1.82, 2.24) is 5.32 Å². The summed E-state index contributed by atoms with van der Waals surface area (Å²) in [4.78, 5) is 0. The summed E-state index contributed by atoms with van der Waals surface area (Å²) in [5.74, 6) is 0. The van der Waals surface area contributed by atoms with Gasteiger partial charge in [-0.3, -0.25) is 0 Å². The average Bonchev–Trinajstić information content (AvgIpc) is 2.35. The van der Waals surface area contributed by atoms with E-state index in [1.807, 2.05) is 13.8 Å². The molecule has 20 heavy (non-hydrogen) atoms. The predicted molar refractivity (Wildman–Crippen MR) is 76.7 cm³/mol. The first kappa shape index (κ1) is 16.8. The van der Waals surface area contributed by atoms with Crippen LogP contribution in [0.2, 0.25) is 0 Å². The van der Waals surface area contributed by atoms with Gasteiger partial charge in [-0.2, -0.15) is 13.2 Å². The SMILES string of the molecule is CCCNC(C=C(C)C)Cc1ccc(C(F)(F)F)cc1. The predicted octanol–water partition coefficient (Wildman–Crippen LogP) is 4.58. The maximum atomic E-state index is 12.5. The molecule has 1 nitrogen and oxygen atoms in total. The Morgan fingerprint density at radius 3 is 2.25 bits per heavy atom. The largest absolute Gasteiger partial charge is 0.416 e. The number of rotatable bonds is 6. The zero-order chi connectivity index (χ0) is 15.2. The Bertz CT molecular complexity index is 428. The van der Waals surface area contributed by atoms with Crippen LogP contribution < -0.4 is 5.32 Å². The van der Waals surface area contributed by atoms with Crippen molar-refractivity contribution in [3.63, 3.8) is 0 Å². The van der Waals surface area contributed by atoms with Crippen molar-refractivity contribution < 1.29 is 13.2 Å². The van der Waals surface area contributed by atoms with Crippen LogP contribution in [0.3, 0.4) is 0 Å². The second-order valence-electron chi connectivity index (χ2n) is 5.20. The lowest BCUT2D eigenvalue weighted by molar-refractivity contribution is -0.137. The van der Waals surface area contributed by atoms with Gasteiger partial charge in [0.25, 0.3) is 0 Å². The first-order chi connectivity index (χ1) is 9.32. The van der Waals surface area contributed by atoms with Gasteiger partial charge in [-0.25, -0.2) is 0 Å². The van der Waals surface area contributed by atoms with Crippen molar-refractivity contribution in [3.05, 3.63) is 47.0 Å². The smallest absolute Gasteiger partial charge is 0.310 e. The molecule has 1 aromatic rings. The molecule has 1 aromatic carbocycles. The Balaban J connectivity index is 2.75. The van der Waals surface area contributed by atoms with Crippen molar-refractivity contribution in [2.24, 2.45) is 0 Å². The Kier molecular flexibility index (Phi) is 6.27. The van der Waals surface area contributed by atoms with Crippen LogP contribution in [0.15, 0.2) is 35.9 Å². The number of hydrogen-bond acceptors (Lipinski definition) is 1. The fourth-order valence-corrected chi connectivity index (χ4v) is 2.01. The van der Waals surface area contributed by atoms with Gasteiger partial charge in [0.05, 0.1) is 5.56 Å². The van der Waals surface area contributed by atoms with Crippen LogP contribution in [0.4, 0.5) is 13.2 Å². The third kappa shape index (κ3) is 5.78. The van der Waals surface area contributed by atoms with Crippen LogP contribution >= 0.6 is 0 Å². The summed E-state index contributed by atoms with van der Waals surface area (Å²) in [6.45, 7) is 7.03. The van der Waals surface area contributed by atoms with Gasteiger partial charge in [-0.1, -0.05) is 30.7 Å². The molecular formula is C16H22F3N. The van der Waals surface area contributed by atoms with E-state index in [-0.39, 0.29) is 6.04 Å². The molecule has 1 atom stereocenters. The first-order valence-corrected chi connectivity index (χ1v) is 6.87. The lowest BCUT2D eigenvalue weighted by atomic mass is 10.0. The molecule has 1 N–H and O–H groups in total. The second kappa shape index (κ2) is 7.48. The zero-order valence-electron chi connectivity index (χ0n) is 12.2. The summed E-state index contributed by atoms with van der Waals surface area (Å²) < 4.78 is 37.5. The van der Waals surface area contributed by atoms with E-state index >= 15 is 0 Å². The molecule has 0 fully saturated rings. The minimum Gasteiger partial charge on any atom is -0.310 e. The van der Waals surface area contributed by atoms with Crippen LogP contribution in [0.25, 0.3) is 0 Å². The monoisotopic (exact) mass is 285 g/mol. The molecule has 1 rings (SSSR count). The van der Waals surface area contributed by atoms with Crippen molar-refractivity contribution >= 4 is 0 Å². The van der Waals surface area contributed by atoms with Crippen LogP contribution in [0.1, 0.15) is 38.3 Å². The quantitative estimate of drug-likeness (QED) is 0.754. The van der Waals surface area contributed by atoms with E-state index in [1.165, 1.54) is 5.57 Å². The molecule has 0 spiro atoms. The zero-order valence-corrected chi connectivity index (χ0v) is 12.2. The van der Waals surface area contributed by atoms with Gasteiger partial charge in [0.2, 0.25) is 0 Å². The molecule has 0 aliphatic rings. The molecule has 112 valence electrons. The third-order valence-corrected chi connectivity index (χ3v) is 2.93. The molecule has 0 aromatic heterocycles. The van der Waals surface area contributed by atoms with Gasteiger partial charge in [0.15, 0.2) is 0 Å². The van der Waals surface area contributed by atoms with Gasteiger partial charge < -0.3 is 5.32 Å². The fraction of sp³-hybridized carbons (Fsp3) is 0.500. The molecule has 0 amide bonds. The van der Waals surface area contributed by atoms with Crippen molar-refractivity contribution in [2.45, 2.75) is 45.8 Å². The maximum absolute atomic E-state index is 12.5. The highest BCUT2D eigenvalue weighted by Gasteiger charge is 2.29. The molecule has 0 aliphatic carbocycles. The minimum absolute atomic E-state index is 0.164. The summed E-state index contributed by atoms with van der Waals surface area (Å²) in [7, 11) is 0. The Morgan fingerprint density at radius 2 is 1.80 bits per heavy atom. The normalized spacial score (nSPS) is 13.1. The lowest BCUT2D eigenvalue weighted by Crippen LogP contribution is -2.30. The van der Waals surface area contributed by atoms with E-state index in [2.05, 4.69) is 18.3 Å². The minimum atomic E-state index is -4.27. The molecule has 0 saturated heterocycles. The lowest BCUT2D eigenvalue weighted by Gasteiger charge is -2.16. The van der Waals surface area contributed by atoms with Gasteiger partial charge in [-0.05, 0) is 50.9 Å². The second-order valence-corrected chi connectivity index (χ2v) is 5.20. The van der Waals surface area contributed by atoms with Gasteiger partial charge in [0.1, 0.15) is 0 Å². The molecular weight excluding hydrogens is 263 g/mol. The molecule has 4 heteroatoms. The highest BCUT2D eigenvalue weighted by atomic mass is 19.4. The highest BCUT2D eigenvalue weighted by molar-refractivity contribution is 5.26. The molecule has 1 unspecified atom stereocenters. The molecule has 0 radical (unpaired) electrons. The molecule has 0 heterocycles. The number of nitrogens with one attached hydrogen (secondary N) is 1. The first-order valence-electron chi connectivity index (χ1n) is 6.87. The summed E-state index contributed by atoms with van der Waals surface area (Å²) in [6, 6.07) is 5.57. The van der Waals surface area contributed by atoms with Gasteiger partial charge >= 0.3 is 6.18 Å². The number of allylic oxidation sites excluding steroid dienone is 1. The Morgan fingerprint density at radius 1 is 1.20 bits per heavy atom. The number of benzene rings is 1. The summed E-state index contributed by atoms with van der Waals surface area (Å²) in [5, 5.41) is 3.40. The van der Waals surface area contributed by atoms with Crippen LogP contribution in [-0.2, 0) is 12.6 Å². The van der Waals surface area contributed by atoms with E-state index in [4.69, 9.17) is 0 Å². The Labute approximate surface area is 118 Å². The third-order valence-electron chi connectivity index (χ3n) is 2.93. The van der Waals surface area contributed by atoms with Gasteiger partial charge in [-0.15, -0.1) is 0 Å². The molecule has 0 bridgehead atoms. The summed E-state index contributed by atoms with van der Waals surface area (Å²) >= 11 is 0. The molecule has 0 saturated carbocycles. The fourth-order valence-electron chi connectivity index (χ4n) is 2.01. The van der Waals surface area contributed by atoms with E-state index in [1.54, 1.807) is 12.1 Å². The summed E-state index contributed by atoms with van der Waals surface area (Å²) in [5.41, 5.74) is 1.51. The molecule has 0 aliphatic heterocycles. The highest BCUT2D eigenvalue weighted by Crippen LogP contribution is 2.29. The van der Waals surface area contributed by atoms with E-state index in [0.717, 1.165) is 30.7 Å². The maximum Gasteiger partial charge on any atom is 0.416 e. The van der Waals surface area contributed by atoms with Crippen LogP contribution in [0.5, 0.6) is 0 Å².